The van der Waals surface area contributed by atoms with Gasteiger partial charge in [0, 0.05) is 6.54 Å². The molecule has 0 N–H and O–H groups in total. The van der Waals surface area contributed by atoms with Crippen molar-refractivity contribution in [1.82, 2.24) is 4.90 Å². The zero-order valence-electron chi connectivity index (χ0n) is 8.93. The molecule has 0 heterocycles. The lowest BCUT2D eigenvalue weighted by atomic mass is 9.84. The first-order chi connectivity index (χ1) is 5.64. The van der Waals surface area contributed by atoms with Crippen LogP contribution in [0.25, 0.3) is 0 Å². The molecule has 0 radical (unpaired) electrons. The molecule has 0 aromatic heterocycles. The third kappa shape index (κ3) is 3.36. The van der Waals surface area contributed by atoms with Crippen molar-refractivity contribution in [3.63, 3.8) is 0 Å². The van der Waals surface area contributed by atoms with Crippen molar-refractivity contribution in [3.05, 3.63) is 0 Å². The lowest BCUT2D eigenvalue weighted by Crippen LogP contribution is -2.36. The molecule has 0 atom stereocenters. The molecule has 0 fully saturated rings. The Morgan fingerprint density at radius 2 is 1.67 bits per heavy atom. The van der Waals surface area contributed by atoms with Gasteiger partial charge in [-0.2, -0.15) is 12.6 Å². The van der Waals surface area contributed by atoms with Crippen LogP contribution in [0.15, 0.2) is 0 Å². The molecule has 2 heteroatoms. The Kier molecular flexibility index (Phi) is 6.02. The van der Waals surface area contributed by atoms with Crippen LogP contribution in [0.5, 0.6) is 0 Å². The van der Waals surface area contributed by atoms with Crippen molar-refractivity contribution in [1.29, 1.82) is 0 Å². The van der Waals surface area contributed by atoms with E-state index in [2.05, 4.69) is 45.3 Å². The average molecular weight is 189 g/mol. The van der Waals surface area contributed by atoms with E-state index in [-0.39, 0.29) is 0 Å². The van der Waals surface area contributed by atoms with E-state index in [1.54, 1.807) is 0 Å². The van der Waals surface area contributed by atoms with E-state index < -0.39 is 0 Å². The molecular weight excluding hydrogens is 166 g/mol. The number of rotatable bonds is 6. The normalized spacial score (nSPS) is 12.5. The Balaban J connectivity index is 4.09. The molecule has 0 bridgehead atoms. The summed E-state index contributed by atoms with van der Waals surface area (Å²) in [7, 11) is 2.18. The monoisotopic (exact) mass is 189 g/mol. The summed E-state index contributed by atoms with van der Waals surface area (Å²) in [6.07, 6.45) is 2.47. The average Bonchev–Trinajstić information content (AvgIpc) is 2.14. The van der Waals surface area contributed by atoms with Gasteiger partial charge in [0.05, 0.1) is 0 Å². The molecule has 0 saturated carbocycles. The lowest BCUT2D eigenvalue weighted by molar-refractivity contribution is 0.190. The highest BCUT2D eigenvalue weighted by molar-refractivity contribution is 7.80. The SMILES string of the molecule is CCN(C)CC(CC)(CC)CS. The molecule has 0 unspecified atom stereocenters. The zero-order valence-corrected chi connectivity index (χ0v) is 9.82. The van der Waals surface area contributed by atoms with E-state index in [1.807, 2.05) is 0 Å². The van der Waals surface area contributed by atoms with Gasteiger partial charge >= 0.3 is 0 Å². The second kappa shape index (κ2) is 5.87. The molecule has 0 aromatic carbocycles. The van der Waals surface area contributed by atoms with Crippen molar-refractivity contribution < 1.29 is 0 Å². The maximum atomic E-state index is 4.45. The second-order valence-corrected chi connectivity index (χ2v) is 4.01. The van der Waals surface area contributed by atoms with E-state index in [4.69, 9.17) is 0 Å². The molecule has 1 nitrogen and oxygen atoms in total. The summed E-state index contributed by atoms with van der Waals surface area (Å²) in [4.78, 5) is 2.38. The molecule has 74 valence electrons. The van der Waals surface area contributed by atoms with Crippen molar-refractivity contribution >= 4 is 12.6 Å². The smallest absolute Gasteiger partial charge is 0.00424 e. The maximum absolute atomic E-state index is 4.45. The number of thiol groups is 1. The van der Waals surface area contributed by atoms with Crippen LogP contribution in [0.1, 0.15) is 33.6 Å². The van der Waals surface area contributed by atoms with Crippen molar-refractivity contribution in [2.24, 2.45) is 5.41 Å². The van der Waals surface area contributed by atoms with Gasteiger partial charge in [-0.05, 0) is 37.6 Å². The molecule has 0 amide bonds. The van der Waals surface area contributed by atoms with Crippen molar-refractivity contribution in [3.8, 4) is 0 Å². The molecular formula is C10H23NS. The predicted octanol–water partition coefficient (Wildman–Crippen LogP) is 2.67. The minimum atomic E-state index is 0.438. The molecule has 12 heavy (non-hydrogen) atoms. The van der Waals surface area contributed by atoms with Crippen molar-refractivity contribution in [2.45, 2.75) is 33.6 Å². The highest BCUT2D eigenvalue weighted by Gasteiger charge is 2.25. The Morgan fingerprint density at radius 3 is 1.92 bits per heavy atom. The first-order valence-corrected chi connectivity index (χ1v) is 5.56. The fourth-order valence-corrected chi connectivity index (χ4v) is 1.98. The Hall–Kier alpha value is 0.310. The third-order valence-corrected chi connectivity index (χ3v) is 3.65. The van der Waals surface area contributed by atoms with Crippen molar-refractivity contribution in [2.75, 3.05) is 25.9 Å². The van der Waals surface area contributed by atoms with Crippen LogP contribution in [0, 0.1) is 5.41 Å². The lowest BCUT2D eigenvalue weighted by Gasteiger charge is -2.34. The predicted molar refractivity (Wildman–Crippen MR) is 60.0 cm³/mol. The zero-order chi connectivity index (χ0) is 9.61. The van der Waals surface area contributed by atoms with E-state index in [0.717, 1.165) is 12.3 Å². The van der Waals surface area contributed by atoms with Crippen LogP contribution >= 0.6 is 12.6 Å². The molecule has 0 aliphatic rings. The summed E-state index contributed by atoms with van der Waals surface area (Å²) in [6, 6.07) is 0. The second-order valence-electron chi connectivity index (χ2n) is 3.70. The number of hydrogen-bond donors (Lipinski definition) is 1. The Bertz CT molecular complexity index is 102. The minimum absolute atomic E-state index is 0.438. The van der Waals surface area contributed by atoms with E-state index >= 15 is 0 Å². The van der Waals surface area contributed by atoms with Gasteiger partial charge in [-0.1, -0.05) is 20.8 Å². The van der Waals surface area contributed by atoms with Gasteiger partial charge in [0.2, 0.25) is 0 Å². The fraction of sp³-hybridized carbons (Fsp3) is 1.00. The van der Waals surface area contributed by atoms with Crippen LogP contribution in [0.2, 0.25) is 0 Å². The van der Waals surface area contributed by atoms with Gasteiger partial charge in [0.25, 0.3) is 0 Å². The summed E-state index contributed by atoms with van der Waals surface area (Å²) in [5.74, 6) is 1.00. The summed E-state index contributed by atoms with van der Waals surface area (Å²) in [5.41, 5.74) is 0.438. The topological polar surface area (TPSA) is 3.24 Å². The maximum Gasteiger partial charge on any atom is 0.00424 e. The number of hydrogen-bond acceptors (Lipinski definition) is 2. The molecule has 0 spiro atoms. The van der Waals surface area contributed by atoms with Crippen LogP contribution in [0.3, 0.4) is 0 Å². The minimum Gasteiger partial charge on any atom is -0.306 e. The van der Waals surface area contributed by atoms with Gasteiger partial charge in [-0.3, -0.25) is 0 Å². The molecule has 0 rings (SSSR count). The van der Waals surface area contributed by atoms with E-state index in [1.165, 1.54) is 19.4 Å². The largest absolute Gasteiger partial charge is 0.306 e. The summed E-state index contributed by atoms with van der Waals surface area (Å²) >= 11 is 4.45. The Labute approximate surface area is 82.9 Å². The molecule has 0 aromatic rings. The standard InChI is InChI=1S/C10H23NS/c1-5-10(6-2,9-12)8-11(4)7-3/h12H,5-9H2,1-4H3. The first kappa shape index (κ1) is 12.3. The van der Waals surface area contributed by atoms with Crippen LogP contribution in [0.4, 0.5) is 0 Å². The third-order valence-electron chi connectivity index (χ3n) is 2.98. The quantitative estimate of drug-likeness (QED) is 0.629. The van der Waals surface area contributed by atoms with Crippen LogP contribution in [-0.2, 0) is 0 Å². The van der Waals surface area contributed by atoms with Crippen LogP contribution in [-0.4, -0.2) is 30.8 Å². The van der Waals surface area contributed by atoms with Gasteiger partial charge in [-0.25, -0.2) is 0 Å². The number of nitrogens with zero attached hydrogens (tertiary/aromatic N) is 1. The van der Waals surface area contributed by atoms with Gasteiger partial charge in [0.1, 0.15) is 0 Å². The van der Waals surface area contributed by atoms with E-state index in [9.17, 15) is 0 Å². The molecule has 0 aliphatic heterocycles. The molecule has 0 aliphatic carbocycles. The summed E-state index contributed by atoms with van der Waals surface area (Å²) in [5, 5.41) is 0. The Morgan fingerprint density at radius 1 is 1.17 bits per heavy atom. The molecule has 0 saturated heterocycles. The van der Waals surface area contributed by atoms with Gasteiger partial charge in [-0.15, -0.1) is 0 Å². The van der Waals surface area contributed by atoms with E-state index in [0.29, 0.717) is 5.41 Å². The first-order valence-electron chi connectivity index (χ1n) is 4.93. The summed E-state index contributed by atoms with van der Waals surface area (Å²) in [6.45, 7) is 9.05. The van der Waals surface area contributed by atoms with Gasteiger partial charge < -0.3 is 4.90 Å². The highest BCUT2D eigenvalue weighted by atomic mass is 32.1. The fourth-order valence-electron chi connectivity index (χ4n) is 1.43. The van der Waals surface area contributed by atoms with Crippen LogP contribution < -0.4 is 0 Å². The van der Waals surface area contributed by atoms with Gasteiger partial charge in [0.15, 0.2) is 0 Å². The highest BCUT2D eigenvalue weighted by Crippen LogP contribution is 2.28. The summed E-state index contributed by atoms with van der Waals surface area (Å²) < 4.78 is 0.